The number of amidine groups is 2. The van der Waals surface area contributed by atoms with Gasteiger partial charge in [-0.2, -0.15) is 0 Å². The second-order valence-corrected chi connectivity index (χ2v) is 7.16. The number of nitrogens with zero attached hydrogens (tertiary/aromatic N) is 3. The van der Waals surface area contributed by atoms with Crippen LogP contribution in [0.15, 0.2) is 68.1 Å². The fourth-order valence-electron chi connectivity index (χ4n) is 2.39. The summed E-state index contributed by atoms with van der Waals surface area (Å²) in [6.07, 6.45) is 0. The highest BCUT2D eigenvalue weighted by Gasteiger charge is 2.16. The molecule has 0 bridgehead atoms. The van der Waals surface area contributed by atoms with Crippen molar-refractivity contribution in [1.82, 2.24) is 16.1 Å². The van der Waals surface area contributed by atoms with Crippen LogP contribution in [0.4, 0.5) is 10.1 Å². The predicted octanol–water partition coefficient (Wildman–Crippen LogP) is 1.22. The van der Waals surface area contributed by atoms with Gasteiger partial charge in [0.25, 0.3) is 0 Å². The zero-order valence-corrected chi connectivity index (χ0v) is 18.7. The minimum atomic E-state index is -0.850. The van der Waals surface area contributed by atoms with E-state index in [1.54, 1.807) is 5.48 Å². The van der Waals surface area contributed by atoms with Crippen molar-refractivity contribution in [2.24, 2.45) is 20.9 Å². The third-order valence-electron chi connectivity index (χ3n) is 4.00. The lowest BCUT2D eigenvalue weighted by molar-refractivity contribution is -0.139. The first-order valence-electron chi connectivity index (χ1n) is 9.42. The summed E-state index contributed by atoms with van der Waals surface area (Å²) in [4.78, 5) is 31.6. The number of halogens is 2. The van der Waals surface area contributed by atoms with E-state index in [-0.39, 0.29) is 41.5 Å². The number of nitrogens with two attached hydrogens (primary N) is 1. The van der Waals surface area contributed by atoms with Gasteiger partial charge in [0.05, 0.1) is 16.7 Å². The number of hydroxylamine groups is 1. The first-order valence-corrected chi connectivity index (χ1v) is 10.2. The number of benzene rings is 2. The van der Waals surface area contributed by atoms with E-state index in [1.165, 1.54) is 12.1 Å². The van der Waals surface area contributed by atoms with Crippen LogP contribution in [0.2, 0.25) is 0 Å². The van der Waals surface area contributed by atoms with Crippen molar-refractivity contribution in [2.75, 3.05) is 13.1 Å². The van der Waals surface area contributed by atoms with Crippen LogP contribution in [0.3, 0.4) is 0 Å². The van der Waals surface area contributed by atoms with E-state index in [2.05, 4.69) is 41.7 Å². The molecule has 0 radical (unpaired) electrons. The highest BCUT2D eigenvalue weighted by atomic mass is 79.9. The molecular weight excluding hydrogens is 501 g/mol. The van der Waals surface area contributed by atoms with Gasteiger partial charge in [-0.25, -0.2) is 9.38 Å². The minimum absolute atomic E-state index is 0.0407. The van der Waals surface area contributed by atoms with E-state index >= 15 is 0 Å². The van der Waals surface area contributed by atoms with Crippen molar-refractivity contribution < 1.29 is 24.4 Å². The molecule has 0 aromatic heterocycles. The number of carbonyl (C=O) groups excluding carboxylic acids is 2. The van der Waals surface area contributed by atoms with Crippen LogP contribution < -0.4 is 21.8 Å². The van der Waals surface area contributed by atoms with Gasteiger partial charge >= 0.3 is 11.8 Å². The van der Waals surface area contributed by atoms with Gasteiger partial charge in [-0.15, -0.1) is 0 Å². The van der Waals surface area contributed by atoms with E-state index in [0.717, 1.165) is 11.6 Å². The summed E-state index contributed by atoms with van der Waals surface area (Å²) in [6, 6.07) is 12.9. The zero-order valence-electron chi connectivity index (χ0n) is 17.1. The predicted molar refractivity (Wildman–Crippen MR) is 123 cm³/mol. The van der Waals surface area contributed by atoms with Crippen LogP contribution in [-0.2, 0) is 16.1 Å². The fourth-order valence-corrected chi connectivity index (χ4v) is 2.76. The second-order valence-electron chi connectivity index (χ2n) is 6.31. The van der Waals surface area contributed by atoms with E-state index in [1.807, 2.05) is 30.3 Å². The number of hydrogen-bond donors (Lipinski definition) is 6. The fraction of sp³-hybridized carbons (Fsp3) is 0.150. The Balaban J connectivity index is 1.90. The summed E-state index contributed by atoms with van der Waals surface area (Å²) < 4.78 is 13.5. The minimum Gasteiger partial charge on any atom is -0.410 e. The number of aliphatic imine (C=N–C) groups is 2. The molecule has 11 nitrogen and oxygen atoms in total. The number of amides is 2. The molecule has 13 heteroatoms. The van der Waals surface area contributed by atoms with Crippen molar-refractivity contribution in [2.45, 2.75) is 6.54 Å². The Hall–Kier alpha value is -3.84. The van der Waals surface area contributed by atoms with Gasteiger partial charge in [0.1, 0.15) is 5.82 Å². The Kier molecular flexibility index (Phi) is 9.92. The van der Waals surface area contributed by atoms with E-state index in [4.69, 9.17) is 5.73 Å². The van der Waals surface area contributed by atoms with Crippen LogP contribution in [-0.4, -0.2) is 52.7 Å². The molecule has 0 spiro atoms. The highest BCUT2D eigenvalue weighted by Crippen LogP contribution is 2.22. The smallest absolute Gasteiger partial charge is 0.309 e. The molecule has 0 heterocycles. The average molecular weight is 522 g/mol. The SMILES string of the molecule is NC(=NCCNC(=O)C(=O)NCc1ccccc1)/C(=N\O)C(=Nc1ccc(F)c(Br)c1)NO. The maximum Gasteiger partial charge on any atom is 0.309 e. The molecule has 0 saturated heterocycles. The second kappa shape index (κ2) is 12.9. The van der Waals surface area contributed by atoms with Crippen molar-refractivity contribution >= 4 is 50.8 Å². The van der Waals surface area contributed by atoms with Crippen LogP contribution in [0.25, 0.3) is 0 Å². The number of hydrogen-bond acceptors (Lipinski definition) is 7. The molecule has 174 valence electrons. The molecule has 0 atom stereocenters. The largest absolute Gasteiger partial charge is 0.410 e. The van der Waals surface area contributed by atoms with Gasteiger partial charge in [0, 0.05) is 13.1 Å². The quantitative estimate of drug-likeness (QED) is 0.0759. The molecular formula is C20H21BrFN7O4. The van der Waals surface area contributed by atoms with Gasteiger partial charge < -0.3 is 21.6 Å². The summed E-state index contributed by atoms with van der Waals surface area (Å²) in [5, 5.41) is 26.4. The molecule has 33 heavy (non-hydrogen) atoms. The van der Waals surface area contributed by atoms with Crippen molar-refractivity contribution in [3.63, 3.8) is 0 Å². The highest BCUT2D eigenvalue weighted by molar-refractivity contribution is 9.10. The maximum absolute atomic E-state index is 13.4. The molecule has 0 unspecified atom stereocenters. The lowest BCUT2D eigenvalue weighted by atomic mass is 10.2. The van der Waals surface area contributed by atoms with Gasteiger partial charge in [-0.05, 0) is 39.7 Å². The number of carbonyl (C=O) groups is 2. The molecule has 2 aromatic carbocycles. The molecule has 0 aliphatic heterocycles. The van der Waals surface area contributed by atoms with Crippen LogP contribution >= 0.6 is 15.9 Å². The van der Waals surface area contributed by atoms with E-state index < -0.39 is 23.3 Å². The van der Waals surface area contributed by atoms with E-state index in [0.29, 0.717) is 0 Å². The Labute approximate surface area is 196 Å². The molecule has 0 aliphatic rings. The van der Waals surface area contributed by atoms with E-state index in [9.17, 15) is 24.4 Å². The molecule has 0 saturated carbocycles. The third-order valence-corrected chi connectivity index (χ3v) is 4.61. The van der Waals surface area contributed by atoms with Gasteiger partial charge in [0.2, 0.25) is 0 Å². The van der Waals surface area contributed by atoms with Gasteiger partial charge in [0.15, 0.2) is 17.4 Å². The van der Waals surface area contributed by atoms with Gasteiger partial charge in [-0.1, -0.05) is 35.5 Å². The Morgan fingerprint density at radius 2 is 1.79 bits per heavy atom. The maximum atomic E-state index is 13.4. The summed E-state index contributed by atoms with van der Waals surface area (Å²) in [6.45, 7) is 0.0969. The summed E-state index contributed by atoms with van der Waals surface area (Å²) >= 11 is 3.01. The first kappa shape index (κ1) is 25.4. The number of rotatable bonds is 8. The normalized spacial score (nSPS) is 12.3. The molecule has 2 aromatic rings. The van der Waals surface area contributed by atoms with Crippen LogP contribution in [0, 0.1) is 5.82 Å². The Bertz CT molecular complexity index is 1080. The Morgan fingerprint density at radius 1 is 1.09 bits per heavy atom. The third kappa shape index (κ3) is 7.97. The lowest BCUT2D eigenvalue weighted by Gasteiger charge is -2.08. The van der Waals surface area contributed by atoms with Crippen molar-refractivity contribution in [3.05, 3.63) is 64.4 Å². The summed E-state index contributed by atoms with van der Waals surface area (Å²) in [5.41, 5.74) is 8.16. The van der Waals surface area contributed by atoms with Crippen LogP contribution in [0.1, 0.15) is 5.56 Å². The number of oxime groups is 1. The zero-order chi connectivity index (χ0) is 24.2. The standard InChI is InChI=1S/C20H21BrFN7O4/c21-14-10-13(6-7-15(14)22)27-18(29-33)16(28-32)17(23)24-8-9-25-19(30)20(31)26-11-12-4-2-1-3-5-12/h1-7,10,32-33H,8-9,11H2,(H2,23,24)(H,25,30)(H,26,31)(H,27,29)/b28-16+. The van der Waals surface area contributed by atoms with Crippen LogP contribution in [0.5, 0.6) is 0 Å². The summed E-state index contributed by atoms with van der Waals surface area (Å²) in [5.74, 6) is -2.85. The monoisotopic (exact) mass is 521 g/mol. The van der Waals surface area contributed by atoms with Crippen molar-refractivity contribution in [1.29, 1.82) is 0 Å². The molecule has 0 fully saturated rings. The Morgan fingerprint density at radius 3 is 2.42 bits per heavy atom. The lowest BCUT2D eigenvalue weighted by Crippen LogP contribution is -2.41. The molecule has 7 N–H and O–H groups in total. The number of nitrogens with one attached hydrogen (secondary N) is 3. The van der Waals surface area contributed by atoms with Gasteiger partial charge in [-0.3, -0.25) is 25.3 Å². The first-order chi connectivity index (χ1) is 15.8. The molecule has 2 rings (SSSR count). The average Bonchev–Trinajstić information content (AvgIpc) is 2.82. The molecule has 0 aliphatic carbocycles. The topological polar surface area (TPSA) is 174 Å². The molecule has 2 amide bonds. The summed E-state index contributed by atoms with van der Waals surface area (Å²) in [7, 11) is 0. The van der Waals surface area contributed by atoms with Crippen molar-refractivity contribution in [3.8, 4) is 0 Å².